The summed E-state index contributed by atoms with van der Waals surface area (Å²) in [5.74, 6) is -0.140. The van der Waals surface area contributed by atoms with Gasteiger partial charge in [-0.25, -0.2) is 9.59 Å². The first kappa shape index (κ1) is 17.4. The number of rotatable bonds is 8. The Morgan fingerprint density at radius 2 is 1.95 bits per heavy atom. The number of carboxylic acid groups (broad SMARTS) is 1. The van der Waals surface area contributed by atoms with E-state index in [-0.39, 0.29) is 5.92 Å². The number of hydrogen-bond acceptors (Lipinski definition) is 3. The Labute approximate surface area is 129 Å². The van der Waals surface area contributed by atoms with E-state index in [0.717, 1.165) is 5.56 Å². The van der Waals surface area contributed by atoms with E-state index in [4.69, 9.17) is 5.11 Å². The average molecular weight is 310 g/mol. The molecular weight excluding hydrogens is 288 g/mol. The van der Waals surface area contributed by atoms with Crippen molar-refractivity contribution in [1.29, 1.82) is 0 Å². The van der Waals surface area contributed by atoms with Gasteiger partial charge in [-0.15, -0.1) is 0 Å². The van der Waals surface area contributed by atoms with Gasteiger partial charge in [-0.3, -0.25) is 0 Å². The highest BCUT2D eigenvalue weighted by Gasteiger charge is 2.19. The number of hydrogen-bond donors (Lipinski definition) is 3. The highest BCUT2D eigenvalue weighted by atomic mass is 32.2. The van der Waals surface area contributed by atoms with Crippen LogP contribution in [0.3, 0.4) is 0 Å². The summed E-state index contributed by atoms with van der Waals surface area (Å²) in [6, 6.07) is 8.57. The molecule has 6 heteroatoms. The van der Waals surface area contributed by atoms with Crippen LogP contribution in [0.1, 0.15) is 24.8 Å². The molecule has 3 N–H and O–H groups in total. The number of aliphatic carboxylic acids is 1. The van der Waals surface area contributed by atoms with E-state index in [9.17, 15) is 9.59 Å². The maximum Gasteiger partial charge on any atom is 0.326 e. The lowest BCUT2D eigenvalue weighted by atomic mass is 10.0. The normalized spacial score (nSPS) is 13.2. The van der Waals surface area contributed by atoms with Crippen molar-refractivity contribution in [3.05, 3.63) is 35.9 Å². The van der Waals surface area contributed by atoms with E-state index in [2.05, 4.69) is 10.6 Å². The van der Waals surface area contributed by atoms with Gasteiger partial charge in [0.1, 0.15) is 6.04 Å². The number of amides is 2. The topological polar surface area (TPSA) is 78.4 Å². The molecule has 1 unspecified atom stereocenters. The van der Waals surface area contributed by atoms with Crippen molar-refractivity contribution < 1.29 is 14.7 Å². The van der Waals surface area contributed by atoms with Crippen LogP contribution in [0.15, 0.2) is 30.3 Å². The van der Waals surface area contributed by atoms with E-state index >= 15 is 0 Å². The minimum absolute atomic E-state index is 0.173. The quantitative estimate of drug-likeness (QED) is 0.688. The first-order chi connectivity index (χ1) is 10.0. The predicted molar refractivity (Wildman–Crippen MR) is 85.8 cm³/mol. The molecule has 0 bridgehead atoms. The summed E-state index contributed by atoms with van der Waals surface area (Å²) >= 11 is 1.55. The van der Waals surface area contributed by atoms with Gasteiger partial charge in [-0.2, -0.15) is 11.8 Å². The van der Waals surface area contributed by atoms with Gasteiger partial charge in [0.25, 0.3) is 0 Å². The maximum atomic E-state index is 11.8. The van der Waals surface area contributed by atoms with Crippen molar-refractivity contribution >= 4 is 23.8 Å². The summed E-state index contributed by atoms with van der Waals surface area (Å²) in [5.41, 5.74) is 1.13. The molecule has 1 aromatic carbocycles. The molecule has 2 atom stereocenters. The molecule has 0 aromatic heterocycles. The maximum absolute atomic E-state index is 11.8. The van der Waals surface area contributed by atoms with Crippen LogP contribution in [-0.4, -0.2) is 41.7 Å². The molecule has 1 rings (SSSR count). The summed E-state index contributed by atoms with van der Waals surface area (Å²) in [6.07, 6.45) is 2.32. The lowest BCUT2D eigenvalue weighted by molar-refractivity contribution is -0.139. The van der Waals surface area contributed by atoms with E-state index in [0.29, 0.717) is 18.7 Å². The fraction of sp³-hybridized carbons (Fsp3) is 0.467. The first-order valence-corrected chi connectivity index (χ1v) is 8.25. The molecule has 0 aliphatic rings. The van der Waals surface area contributed by atoms with Gasteiger partial charge in [0.2, 0.25) is 0 Å². The standard InChI is InChI=1S/C15H22N2O3S/c1-11(12-6-4-3-5-7-12)10-16-15(20)17-13(14(18)19)8-9-21-2/h3-7,11,13H,8-10H2,1-2H3,(H,18,19)(H2,16,17,20)/t11?,13-/m0/s1. The molecule has 0 heterocycles. The van der Waals surface area contributed by atoms with E-state index in [1.165, 1.54) is 0 Å². The third-order valence-electron chi connectivity index (χ3n) is 3.15. The lowest BCUT2D eigenvalue weighted by Gasteiger charge is -2.17. The van der Waals surface area contributed by atoms with E-state index in [1.807, 2.05) is 43.5 Å². The largest absolute Gasteiger partial charge is 0.480 e. The molecular formula is C15H22N2O3S. The van der Waals surface area contributed by atoms with Crippen LogP contribution in [-0.2, 0) is 4.79 Å². The summed E-state index contributed by atoms with van der Waals surface area (Å²) in [5, 5.41) is 14.3. The Hall–Kier alpha value is -1.69. The SMILES string of the molecule is CSCC[C@H](NC(=O)NCC(C)c1ccccc1)C(=O)O. The fourth-order valence-corrected chi connectivity index (χ4v) is 2.32. The summed E-state index contributed by atoms with van der Waals surface area (Å²) in [4.78, 5) is 22.8. The van der Waals surface area contributed by atoms with Gasteiger partial charge in [0.15, 0.2) is 0 Å². The Morgan fingerprint density at radius 1 is 1.29 bits per heavy atom. The zero-order chi connectivity index (χ0) is 15.7. The monoisotopic (exact) mass is 310 g/mol. The van der Waals surface area contributed by atoms with Crippen LogP contribution in [0.5, 0.6) is 0 Å². The molecule has 0 spiro atoms. The number of thioether (sulfide) groups is 1. The number of benzene rings is 1. The minimum Gasteiger partial charge on any atom is -0.480 e. The fourth-order valence-electron chi connectivity index (χ4n) is 1.85. The van der Waals surface area contributed by atoms with Crippen molar-refractivity contribution in [1.82, 2.24) is 10.6 Å². The minimum atomic E-state index is -1.00. The zero-order valence-electron chi connectivity index (χ0n) is 12.3. The molecule has 116 valence electrons. The Kier molecular flexibility index (Phi) is 7.68. The summed E-state index contributed by atoms with van der Waals surface area (Å²) < 4.78 is 0. The second kappa shape index (κ2) is 9.28. The van der Waals surface area contributed by atoms with Gasteiger partial charge < -0.3 is 15.7 Å². The van der Waals surface area contributed by atoms with Crippen LogP contribution >= 0.6 is 11.8 Å². The zero-order valence-corrected chi connectivity index (χ0v) is 13.2. The Bertz CT molecular complexity index is 453. The van der Waals surface area contributed by atoms with Gasteiger partial charge in [0, 0.05) is 6.54 Å². The van der Waals surface area contributed by atoms with E-state index in [1.54, 1.807) is 11.8 Å². The number of carboxylic acids is 1. The lowest BCUT2D eigenvalue weighted by Crippen LogP contribution is -2.47. The van der Waals surface area contributed by atoms with Crippen molar-refractivity contribution in [3.63, 3.8) is 0 Å². The van der Waals surface area contributed by atoms with Gasteiger partial charge in [0.05, 0.1) is 0 Å². The average Bonchev–Trinajstić information content (AvgIpc) is 2.49. The molecule has 0 aliphatic heterocycles. The summed E-state index contributed by atoms with van der Waals surface area (Å²) in [6.45, 7) is 2.47. The van der Waals surface area contributed by atoms with Gasteiger partial charge in [-0.05, 0) is 29.9 Å². The number of urea groups is 1. The van der Waals surface area contributed by atoms with Gasteiger partial charge >= 0.3 is 12.0 Å². The first-order valence-electron chi connectivity index (χ1n) is 6.85. The third-order valence-corrected chi connectivity index (χ3v) is 3.80. The van der Waals surface area contributed by atoms with Gasteiger partial charge in [-0.1, -0.05) is 37.3 Å². The highest BCUT2D eigenvalue weighted by molar-refractivity contribution is 7.98. The van der Waals surface area contributed by atoms with Crippen LogP contribution < -0.4 is 10.6 Å². The third kappa shape index (κ3) is 6.53. The van der Waals surface area contributed by atoms with Crippen LogP contribution in [0.4, 0.5) is 4.79 Å². The van der Waals surface area contributed by atoms with E-state index < -0.39 is 18.0 Å². The molecule has 0 aliphatic carbocycles. The molecule has 1 aromatic rings. The molecule has 0 fully saturated rings. The van der Waals surface area contributed by atoms with Crippen molar-refractivity contribution in [2.24, 2.45) is 0 Å². The van der Waals surface area contributed by atoms with Crippen LogP contribution in [0.25, 0.3) is 0 Å². The highest BCUT2D eigenvalue weighted by Crippen LogP contribution is 2.12. The molecule has 21 heavy (non-hydrogen) atoms. The van der Waals surface area contributed by atoms with Crippen LogP contribution in [0, 0.1) is 0 Å². The molecule has 5 nitrogen and oxygen atoms in total. The number of carbonyl (C=O) groups is 2. The van der Waals surface area contributed by atoms with Crippen LogP contribution in [0.2, 0.25) is 0 Å². The van der Waals surface area contributed by atoms with Crippen molar-refractivity contribution in [2.45, 2.75) is 25.3 Å². The van der Waals surface area contributed by atoms with Crippen molar-refractivity contribution in [2.75, 3.05) is 18.6 Å². The Balaban J connectivity index is 2.40. The predicted octanol–water partition coefficient (Wildman–Crippen LogP) is 2.30. The van der Waals surface area contributed by atoms with Crippen molar-refractivity contribution in [3.8, 4) is 0 Å². The molecule has 0 radical (unpaired) electrons. The second-order valence-electron chi connectivity index (χ2n) is 4.84. The number of carbonyl (C=O) groups excluding carboxylic acids is 1. The second-order valence-corrected chi connectivity index (χ2v) is 5.82. The smallest absolute Gasteiger partial charge is 0.326 e. The molecule has 0 saturated carbocycles. The molecule has 2 amide bonds. The number of nitrogens with one attached hydrogen (secondary N) is 2. The Morgan fingerprint density at radius 3 is 2.52 bits per heavy atom. The molecule has 0 saturated heterocycles. The summed E-state index contributed by atoms with van der Waals surface area (Å²) in [7, 11) is 0.